The van der Waals surface area contributed by atoms with Crippen molar-refractivity contribution in [2.24, 2.45) is 7.05 Å². The molecule has 2 rings (SSSR count). The normalized spacial score (nSPS) is 18.2. The van der Waals surface area contributed by atoms with Crippen LogP contribution in [0.2, 0.25) is 0 Å². The Bertz CT molecular complexity index is 441. The largest absolute Gasteiger partial charge is 0.384 e. The van der Waals surface area contributed by atoms with Gasteiger partial charge in [0.2, 0.25) is 0 Å². The second-order valence-electron chi connectivity index (χ2n) is 4.86. The van der Waals surface area contributed by atoms with Gasteiger partial charge < -0.3 is 14.8 Å². The molecule has 1 atom stereocenters. The van der Waals surface area contributed by atoms with Crippen molar-refractivity contribution in [2.75, 3.05) is 32.2 Å². The highest BCUT2D eigenvalue weighted by atomic mass is 16.5. The van der Waals surface area contributed by atoms with Crippen molar-refractivity contribution in [3.63, 3.8) is 0 Å². The molecule has 1 aromatic heterocycles. The zero-order chi connectivity index (χ0) is 14.4. The van der Waals surface area contributed by atoms with E-state index < -0.39 is 0 Å². The van der Waals surface area contributed by atoms with Gasteiger partial charge in [0, 0.05) is 39.8 Å². The number of methoxy groups -OCH3 is 1. The Morgan fingerprint density at radius 1 is 1.65 bits per heavy atom. The molecule has 2 N–H and O–H groups in total. The molecule has 1 aliphatic rings. The van der Waals surface area contributed by atoms with Gasteiger partial charge >= 0.3 is 6.03 Å². The topological polar surface area (TPSA) is 77.4 Å². The molecule has 0 saturated carbocycles. The lowest BCUT2D eigenvalue weighted by Gasteiger charge is -2.11. The average molecular weight is 282 g/mol. The summed E-state index contributed by atoms with van der Waals surface area (Å²) in [5.41, 5.74) is 0.892. The summed E-state index contributed by atoms with van der Waals surface area (Å²) in [7, 11) is 3.45. The molecular weight excluding hydrogens is 260 g/mol. The molecule has 7 heteroatoms. The fourth-order valence-electron chi connectivity index (χ4n) is 2.14. The van der Waals surface area contributed by atoms with Crippen LogP contribution in [0.5, 0.6) is 0 Å². The summed E-state index contributed by atoms with van der Waals surface area (Å²) in [5, 5.41) is 9.91. The molecule has 0 aromatic carbocycles. The van der Waals surface area contributed by atoms with Crippen LogP contribution < -0.4 is 10.6 Å². The third kappa shape index (κ3) is 4.21. The number of hydrogen-bond acceptors (Lipinski definition) is 4. The van der Waals surface area contributed by atoms with Gasteiger partial charge in [0.25, 0.3) is 0 Å². The van der Waals surface area contributed by atoms with Gasteiger partial charge in [0.1, 0.15) is 5.82 Å². The molecule has 1 fully saturated rings. The van der Waals surface area contributed by atoms with E-state index in [1.807, 2.05) is 6.07 Å². The van der Waals surface area contributed by atoms with Crippen LogP contribution in [-0.4, -0.2) is 48.8 Å². The number of aryl methyl sites for hydroxylation is 1. The van der Waals surface area contributed by atoms with Crippen LogP contribution in [0.15, 0.2) is 6.07 Å². The number of urea groups is 1. The Kier molecular flexibility index (Phi) is 5.37. The lowest BCUT2D eigenvalue weighted by atomic mass is 10.2. The fourth-order valence-corrected chi connectivity index (χ4v) is 2.14. The van der Waals surface area contributed by atoms with Gasteiger partial charge in [-0.05, 0) is 12.8 Å². The maximum atomic E-state index is 11.8. The van der Waals surface area contributed by atoms with E-state index in [-0.39, 0.29) is 12.1 Å². The summed E-state index contributed by atoms with van der Waals surface area (Å²) in [6.07, 6.45) is 2.94. The Hall–Kier alpha value is -1.60. The maximum absolute atomic E-state index is 11.8. The van der Waals surface area contributed by atoms with Crippen molar-refractivity contribution >= 4 is 11.8 Å². The van der Waals surface area contributed by atoms with Crippen LogP contribution in [0.4, 0.5) is 10.6 Å². The van der Waals surface area contributed by atoms with Crippen LogP contribution in [0.3, 0.4) is 0 Å². The minimum absolute atomic E-state index is 0.143. The number of nitrogens with one attached hydrogen (secondary N) is 2. The summed E-state index contributed by atoms with van der Waals surface area (Å²) in [6.45, 7) is 1.94. The number of amides is 2. The lowest BCUT2D eigenvalue weighted by Crippen LogP contribution is -2.35. The molecule has 2 amide bonds. The Balaban J connectivity index is 1.79. The number of aromatic nitrogens is 2. The number of ether oxygens (including phenoxy) is 2. The first kappa shape index (κ1) is 14.8. The predicted molar refractivity (Wildman–Crippen MR) is 74.8 cm³/mol. The van der Waals surface area contributed by atoms with Gasteiger partial charge in [-0.1, -0.05) is 0 Å². The summed E-state index contributed by atoms with van der Waals surface area (Å²) in [6, 6.07) is 1.62. The SMILES string of the molecule is COCCc1cc(NC(=O)NC[C@@H]2CCCO2)n(C)n1. The van der Waals surface area contributed by atoms with Crippen molar-refractivity contribution in [3.8, 4) is 0 Å². The summed E-state index contributed by atoms with van der Waals surface area (Å²) in [5.74, 6) is 0.668. The zero-order valence-corrected chi connectivity index (χ0v) is 12.0. The highest BCUT2D eigenvalue weighted by Crippen LogP contribution is 2.11. The molecule has 20 heavy (non-hydrogen) atoms. The number of hydrogen-bond donors (Lipinski definition) is 2. The lowest BCUT2D eigenvalue weighted by molar-refractivity contribution is 0.112. The van der Waals surface area contributed by atoms with E-state index in [1.165, 1.54) is 0 Å². The van der Waals surface area contributed by atoms with E-state index in [4.69, 9.17) is 9.47 Å². The minimum Gasteiger partial charge on any atom is -0.384 e. The molecule has 0 aliphatic carbocycles. The summed E-state index contributed by atoms with van der Waals surface area (Å²) in [4.78, 5) is 11.8. The molecule has 0 unspecified atom stereocenters. The van der Waals surface area contributed by atoms with Gasteiger partial charge in [0.05, 0.1) is 18.4 Å². The Morgan fingerprint density at radius 2 is 2.50 bits per heavy atom. The van der Waals surface area contributed by atoms with Crippen molar-refractivity contribution in [3.05, 3.63) is 11.8 Å². The average Bonchev–Trinajstić information content (AvgIpc) is 3.05. The van der Waals surface area contributed by atoms with E-state index in [0.717, 1.165) is 31.6 Å². The first-order chi connectivity index (χ1) is 9.69. The van der Waals surface area contributed by atoms with Gasteiger partial charge in [-0.3, -0.25) is 10.00 Å². The predicted octanol–water partition coefficient (Wildman–Crippen LogP) is 0.909. The van der Waals surface area contributed by atoms with Crippen LogP contribution in [0, 0.1) is 0 Å². The summed E-state index contributed by atoms with van der Waals surface area (Å²) >= 11 is 0. The quantitative estimate of drug-likeness (QED) is 0.813. The van der Waals surface area contributed by atoms with E-state index >= 15 is 0 Å². The van der Waals surface area contributed by atoms with Crippen molar-refractivity contribution in [2.45, 2.75) is 25.4 Å². The molecule has 0 spiro atoms. The smallest absolute Gasteiger partial charge is 0.320 e. The molecule has 0 bridgehead atoms. The first-order valence-corrected chi connectivity index (χ1v) is 6.87. The highest BCUT2D eigenvalue weighted by Gasteiger charge is 2.16. The molecular formula is C13H22N4O3. The van der Waals surface area contributed by atoms with Crippen molar-refractivity contribution in [1.29, 1.82) is 0 Å². The molecule has 1 aliphatic heterocycles. The molecule has 0 radical (unpaired) electrons. The van der Waals surface area contributed by atoms with Crippen molar-refractivity contribution in [1.82, 2.24) is 15.1 Å². The fraction of sp³-hybridized carbons (Fsp3) is 0.692. The third-order valence-electron chi connectivity index (χ3n) is 3.25. The van der Waals surface area contributed by atoms with Crippen molar-refractivity contribution < 1.29 is 14.3 Å². The molecule has 1 saturated heterocycles. The van der Waals surface area contributed by atoms with Crippen LogP contribution in [0.1, 0.15) is 18.5 Å². The van der Waals surface area contributed by atoms with Gasteiger partial charge in [0.15, 0.2) is 0 Å². The number of rotatable bonds is 6. The van der Waals surface area contributed by atoms with Gasteiger partial charge in [-0.15, -0.1) is 0 Å². The second kappa shape index (κ2) is 7.25. The summed E-state index contributed by atoms with van der Waals surface area (Å²) < 4.78 is 12.1. The minimum atomic E-state index is -0.234. The molecule has 2 heterocycles. The number of nitrogens with zero attached hydrogens (tertiary/aromatic N) is 2. The number of carbonyl (C=O) groups is 1. The standard InChI is InChI=1S/C13H22N4O3/c1-17-12(8-10(16-17)5-7-19-2)15-13(18)14-9-11-4-3-6-20-11/h8,11H,3-7,9H2,1-2H3,(H2,14,15,18)/t11-/m0/s1. The van der Waals surface area contributed by atoms with Crippen LogP contribution >= 0.6 is 0 Å². The zero-order valence-electron chi connectivity index (χ0n) is 12.0. The van der Waals surface area contributed by atoms with E-state index in [1.54, 1.807) is 18.8 Å². The van der Waals surface area contributed by atoms with Crippen LogP contribution in [0.25, 0.3) is 0 Å². The number of anilines is 1. The monoisotopic (exact) mass is 282 g/mol. The number of carbonyl (C=O) groups excluding carboxylic acids is 1. The Labute approximate surface area is 118 Å². The molecule has 112 valence electrons. The first-order valence-electron chi connectivity index (χ1n) is 6.87. The maximum Gasteiger partial charge on any atom is 0.320 e. The molecule has 1 aromatic rings. The van der Waals surface area contributed by atoms with E-state index in [9.17, 15) is 4.79 Å². The van der Waals surface area contributed by atoms with E-state index in [0.29, 0.717) is 19.0 Å². The Morgan fingerprint density at radius 3 is 3.20 bits per heavy atom. The van der Waals surface area contributed by atoms with Gasteiger partial charge in [-0.25, -0.2) is 4.79 Å². The third-order valence-corrected chi connectivity index (χ3v) is 3.25. The second-order valence-corrected chi connectivity index (χ2v) is 4.86. The molecule has 7 nitrogen and oxygen atoms in total. The highest BCUT2D eigenvalue weighted by molar-refractivity contribution is 5.88. The van der Waals surface area contributed by atoms with E-state index in [2.05, 4.69) is 15.7 Å². The van der Waals surface area contributed by atoms with Crippen LogP contribution in [-0.2, 0) is 22.9 Å². The van der Waals surface area contributed by atoms with Gasteiger partial charge in [-0.2, -0.15) is 5.10 Å².